The topological polar surface area (TPSA) is 98.5 Å². The Kier molecular flexibility index (Phi) is 3.49. The highest BCUT2D eigenvalue weighted by molar-refractivity contribution is 7.89. The van der Waals surface area contributed by atoms with E-state index in [-0.39, 0.29) is 28.6 Å². The smallest absolute Gasteiger partial charge is 0.309 e. The molecular weight excluding hydrogens is 292 g/mol. The molecule has 1 fully saturated rings. The van der Waals surface area contributed by atoms with Gasteiger partial charge in [-0.25, -0.2) is 8.42 Å². The van der Waals surface area contributed by atoms with Crippen LogP contribution in [0.3, 0.4) is 0 Å². The van der Waals surface area contributed by atoms with Gasteiger partial charge in [-0.2, -0.15) is 9.57 Å². The first-order valence-corrected chi connectivity index (χ1v) is 7.10. The standard InChI is InChI=1S/C11H9ClN2O4S/c12-9-2-1-7(4-13)10(3-9)19(17,18)14-5-8(6-14)11(15)16/h1-3,8H,5-6H2,(H,15,16). The summed E-state index contributed by atoms with van der Waals surface area (Å²) in [5.74, 6) is -1.72. The van der Waals surface area contributed by atoms with Crippen molar-refractivity contribution in [3.8, 4) is 6.07 Å². The fourth-order valence-electron chi connectivity index (χ4n) is 1.73. The molecule has 1 saturated heterocycles. The van der Waals surface area contributed by atoms with Crippen LogP contribution in [0.1, 0.15) is 5.56 Å². The zero-order valence-corrected chi connectivity index (χ0v) is 11.1. The summed E-state index contributed by atoms with van der Waals surface area (Å²) in [5, 5.41) is 17.9. The molecule has 1 aliphatic heterocycles. The van der Waals surface area contributed by atoms with Crippen molar-refractivity contribution in [1.82, 2.24) is 4.31 Å². The summed E-state index contributed by atoms with van der Waals surface area (Å²) in [6.45, 7) is -0.176. The van der Waals surface area contributed by atoms with Crippen molar-refractivity contribution in [3.63, 3.8) is 0 Å². The van der Waals surface area contributed by atoms with E-state index in [1.165, 1.54) is 18.2 Å². The number of nitriles is 1. The molecule has 1 aliphatic rings. The lowest BCUT2D eigenvalue weighted by molar-refractivity contribution is -0.145. The second-order valence-electron chi connectivity index (χ2n) is 4.11. The third-order valence-electron chi connectivity index (χ3n) is 2.88. The Balaban J connectivity index is 2.34. The molecule has 100 valence electrons. The lowest BCUT2D eigenvalue weighted by Gasteiger charge is -2.35. The molecule has 0 saturated carbocycles. The summed E-state index contributed by atoms with van der Waals surface area (Å²) in [7, 11) is -3.87. The average molecular weight is 301 g/mol. The monoisotopic (exact) mass is 300 g/mol. The van der Waals surface area contributed by atoms with E-state index in [9.17, 15) is 13.2 Å². The number of halogens is 1. The molecule has 1 heterocycles. The van der Waals surface area contributed by atoms with Gasteiger partial charge in [0.15, 0.2) is 0 Å². The molecule has 0 aliphatic carbocycles. The number of carboxylic acid groups (broad SMARTS) is 1. The summed E-state index contributed by atoms with van der Waals surface area (Å²) < 4.78 is 25.5. The summed E-state index contributed by atoms with van der Waals surface area (Å²) in [5.41, 5.74) is -0.0109. The van der Waals surface area contributed by atoms with Gasteiger partial charge in [-0.1, -0.05) is 11.6 Å². The van der Waals surface area contributed by atoms with Crippen LogP contribution in [0.25, 0.3) is 0 Å². The summed E-state index contributed by atoms with van der Waals surface area (Å²) in [4.78, 5) is 10.5. The maximum absolute atomic E-state index is 12.2. The van der Waals surface area contributed by atoms with Crippen LogP contribution < -0.4 is 0 Å². The number of rotatable bonds is 3. The summed E-state index contributed by atoms with van der Waals surface area (Å²) in [6, 6.07) is 5.73. The lowest BCUT2D eigenvalue weighted by atomic mass is 10.0. The number of hydrogen-bond donors (Lipinski definition) is 1. The molecule has 0 atom stereocenters. The van der Waals surface area contributed by atoms with Crippen LogP contribution in [0.4, 0.5) is 0 Å². The summed E-state index contributed by atoms with van der Waals surface area (Å²) >= 11 is 5.74. The maximum Gasteiger partial charge on any atom is 0.309 e. The molecule has 2 rings (SSSR count). The fourth-order valence-corrected chi connectivity index (χ4v) is 3.67. The van der Waals surface area contributed by atoms with E-state index in [0.29, 0.717) is 0 Å². The van der Waals surface area contributed by atoms with Crippen LogP contribution >= 0.6 is 11.6 Å². The minimum absolute atomic E-state index is 0.0109. The quantitative estimate of drug-likeness (QED) is 0.895. The zero-order chi connectivity index (χ0) is 14.2. The maximum atomic E-state index is 12.2. The molecule has 0 bridgehead atoms. The van der Waals surface area contributed by atoms with Crippen molar-refractivity contribution in [3.05, 3.63) is 28.8 Å². The highest BCUT2D eigenvalue weighted by Gasteiger charge is 2.41. The van der Waals surface area contributed by atoms with Crippen molar-refractivity contribution in [2.45, 2.75) is 4.90 Å². The first-order valence-electron chi connectivity index (χ1n) is 5.29. The Morgan fingerprint density at radius 2 is 2.11 bits per heavy atom. The van der Waals surface area contributed by atoms with Gasteiger partial charge < -0.3 is 5.11 Å². The second kappa shape index (κ2) is 4.81. The van der Waals surface area contributed by atoms with Gasteiger partial charge in [0.2, 0.25) is 10.0 Å². The van der Waals surface area contributed by atoms with Gasteiger partial charge in [0.25, 0.3) is 0 Å². The average Bonchev–Trinajstić information content (AvgIpc) is 2.25. The van der Waals surface area contributed by atoms with Gasteiger partial charge in [0, 0.05) is 18.1 Å². The van der Waals surface area contributed by atoms with Crippen molar-refractivity contribution in [2.75, 3.05) is 13.1 Å². The third kappa shape index (κ3) is 2.42. The Morgan fingerprint density at radius 1 is 1.47 bits per heavy atom. The first-order chi connectivity index (χ1) is 8.86. The number of carboxylic acids is 1. The molecule has 0 unspecified atom stereocenters. The number of carbonyl (C=O) groups is 1. The molecule has 1 aromatic carbocycles. The van der Waals surface area contributed by atoms with E-state index >= 15 is 0 Å². The molecule has 1 N–H and O–H groups in total. The van der Waals surface area contributed by atoms with Crippen LogP contribution in [0, 0.1) is 17.2 Å². The fraction of sp³-hybridized carbons (Fsp3) is 0.273. The molecule has 0 aromatic heterocycles. The molecule has 19 heavy (non-hydrogen) atoms. The minimum atomic E-state index is -3.87. The van der Waals surface area contributed by atoms with Crippen molar-refractivity contribution in [1.29, 1.82) is 5.26 Å². The normalized spacial score (nSPS) is 16.6. The van der Waals surface area contributed by atoms with E-state index in [1.807, 2.05) is 0 Å². The Hall–Kier alpha value is -1.62. The lowest BCUT2D eigenvalue weighted by Crippen LogP contribution is -2.52. The number of nitrogens with zero attached hydrogens (tertiary/aromatic N) is 2. The van der Waals surface area contributed by atoms with Crippen LogP contribution in [0.5, 0.6) is 0 Å². The first kappa shape index (κ1) is 13.8. The van der Waals surface area contributed by atoms with Crippen LogP contribution in [0.15, 0.2) is 23.1 Å². The van der Waals surface area contributed by atoms with Gasteiger partial charge in [-0.05, 0) is 18.2 Å². The van der Waals surface area contributed by atoms with Gasteiger partial charge in [-0.15, -0.1) is 0 Å². The van der Waals surface area contributed by atoms with Crippen LogP contribution in [-0.2, 0) is 14.8 Å². The van der Waals surface area contributed by atoms with Gasteiger partial charge >= 0.3 is 5.97 Å². The predicted molar refractivity (Wildman–Crippen MR) is 66.1 cm³/mol. The SMILES string of the molecule is N#Cc1ccc(Cl)cc1S(=O)(=O)N1CC(C(=O)O)C1. The van der Waals surface area contributed by atoms with Crippen LogP contribution in [-0.4, -0.2) is 36.9 Å². The highest BCUT2D eigenvalue weighted by atomic mass is 35.5. The summed E-state index contributed by atoms with van der Waals surface area (Å²) in [6.07, 6.45) is 0. The number of aliphatic carboxylic acids is 1. The Bertz CT molecular complexity index is 674. The Labute approximate surface area is 114 Å². The predicted octanol–water partition coefficient (Wildman–Crippen LogP) is 0.917. The molecule has 0 spiro atoms. The molecular formula is C11H9ClN2O4S. The van der Waals surface area contributed by atoms with E-state index in [1.54, 1.807) is 6.07 Å². The second-order valence-corrected chi connectivity index (χ2v) is 6.45. The minimum Gasteiger partial charge on any atom is -0.481 e. The van der Waals surface area contributed by atoms with E-state index in [4.69, 9.17) is 22.0 Å². The van der Waals surface area contributed by atoms with E-state index in [0.717, 1.165) is 4.31 Å². The molecule has 1 aromatic rings. The number of sulfonamides is 1. The highest BCUT2D eigenvalue weighted by Crippen LogP contribution is 2.28. The van der Waals surface area contributed by atoms with Crippen LogP contribution in [0.2, 0.25) is 5.02 Å². The Morgan fingerprint density at radius 3 is 2.63 bits per heavy atom. The molecule has 0 radical (unpaired) electrons. The van der Waals surface area contributed by atoms with E-state index in [2.05, 4.69) is 0 Å². The van der Waals surface area contributed by atoms with Gasteiger partial charge in [0.05, 0.1) is 11.5 Å². The van der Waals surface area contributed by atoms with E-state index < -0.39 is 21.9 Å². The van der Waals surface area contributed by atoms with Crippen molar-refractivity contribution >= 4 is 27.6 Å². The molecule has 6 nitrogen and oxygen atoms in total. The van der Waals surface area contributed by atoms with Gasteiger partial charge in [0.1, 0.15) is 11.0 Å². The van der Waals surface area contributed by atoms with Crippen molar-refractivity contribution in [2.24, 2.45) is 5.92 Å². The largest absolute Gasteiger partial charge is 0.481 e. The third-order valence-corrected chi connectivity index (χ3v) is 4.99. The zero-order valence-electron chi connectivity index (χ0n) is 9.58. The number of hydrogen-bond acceptors (Lipinski definition) is 4. The van der Waals surface area contributed by atoms with Gasteiger partial charge in [-0.3, -0.25) is 4.79 Å². The molecule has 8 heteroatoms. The molecule has 0 amide bonds. The van der Waals surface area contributed by atoms with Crippen molar-refractivity contribution < 1.29 is 18.3 Å². The number of benzene rings is 1.